The summed E-state index contributed by atoms with van der Waals surface area (Å²) in [5.74, 6) is -1.25. The minimum absolute atomic E-state index is 0.431. The van der Waals surface area contributed by atoms with Gasteiger partial charge in [-0.25, -0.2) is 13.8 Å². The van der Waals surface area contributed by atoms with Crippen LogP contribution in [0.1, 0.15) is 5.69 Å². The van der Waals surface area contributed by atoms with Gasteiger partial charge in [-0.2, -0.15) is 0 Å². The van der Waals surface area contributed by atoms with Gasteiger partial charge in [0.25, 0.3) is 0 Å². The molecule has 0 spiro atoms. The van der Waals surface area contributed by atoms with Crippen LogP contribution < -0.4 is 11.1 Å². The minimum atomic E-state index is -0.901. The lowest BCUT2D eigenvalue weighted by molar-refractivity contribution is 0.509. The topological polar surface area (TPSA) is 50.9 Å². The van der Waals surface area contributed by atoms with E-state index in [0.717, 1.165) is 12.1 Å². The Morgan fingerprint density at radius 1 is 1.12 bits per heavy atom. The van der Waals surface area contributed by atoms with E-state index in [1.54, 1.807) is 19.1 Å². The lowest BCUT2D eigenvalue weighted by Gasteiger charge is -2.07. The second-order valence-corrected chi connectivity index (χ2v) is 3.63. The normalized spacial score (nSPS) is 10.3. The Hall–Kier alpha value is -2.17. The van der Waals surface area contributed by atoms with E-state index >= 15 is 0 Å². The number of benzene rings is 1. The second kappa shape index (κ2) is 4.37. The van der Waals surface area contributed by atoms with Crippen molar-refractivity contribution in [2.24, 2.45) is 0 Å². The third-order valence-electron chi connectivity index (χ3n) is 2.32. The second-order valence-electron chi connectivity index (χ2n) is 3.63. The summed E-state index contributed by atoms with van der Waals surface area (Å²) in [5, 5.41) is 2.87. The first-order chi connectivity index (χ1) is 8.06. The molecule has 3 N–H and O–H groups in total. The summed E-state index contributed by atoms with van der Waals surface area (Å²) in [6.45, 7) is 1.77. The Morgan fingerprint density at radius 2 is 1.88 bits per heavy atom. The maximum Gasteiger partial charge on any atom is 0.160 e. The summed E-state index contributed by atoms with van der Waals surface area (Å²) in [4.78, 5) is 4.17. The number of hydrogen-bond donors (Lipinski definition) is 2. The van der Waals surface area contributed by atoms with Crippen molar-refractivity contribution in [1.29, 1.82) is 0 Å². The molecular formula is C12H11F2N3. The molecular weight excluding hydrogens is 224 g/mol. The van der Waals surface area contributed by atoms with Gasteiger partial charge in [-0.1, -0.05) is 0 Å². The molecule has 0 aliphatic rings. The highest BCUT2D eigenvalue weighted by Gasteiger charge is 2.04. The van der Waals surface area contributed by atoms with Crippen molar-refractivity contribution in [1.82, 2.24) is 4.98 Å². The van der Waals surface area contributed by atoms with Crippen LogP contribution in [0.15, 0.2) is 30.3 Å². The minimum Gasteiger partial charge on any atom is -0.397 e. The van der Waals surface area contributed by atoms with Gasteiger partial charge in [-0.05, 0) is 31.2 Å². The quantitative estimate of drug-likeness (QED) is 0.841. The molecule has 1 aromatic carbocycles. The van der Waals surface area contributed by atoms with Gasteiger partial charge in [0, 0.05) is 11.8 Å². The van der Waals surface area contributed by atoms with Crippen molar-refractivity contribution in [2.75, 3.05) is 11.1 Å². The molecule has 0 aliphatic carbocycles. The maximum absolute atomic E-state index is 13.0. The maximum atomic E-state index is 13.0. The van der Waals surface area contributed by atoms with Crippen molar-refractivity contribution in [3.8, 4) is 0 Å². The van der Waals surface area contributed by atoms with Gasteiger partial charge in [-0.15, -0.1) is 0 Å². The van der Waals surface area contributed by atoms with Gasteiger partial charge < -0.3 is 11.1 Å². The largest absolute Gasteiger partial charge is 0.397 e. The number of nitrogen functional groups attached to an aromatic ring is 1. The molecule has 0 saturated carbocycles. The molecule has 17 heavy (non-hydrogen) atoms. The number of hydrogen-bond acceptors (Lipinski definition) is 3. The fourth-order valence-corrected chi connectivity index (χ4v) is 1.36. The lowest BCUT2D eigenvalue weighted by atomic mass is 10.3. The molecule has 1 aromatic heterocycles. The summed E-state index contributed by atoms with van der Waals surface area (Å²) in [7, 11) is 0. The Morgan fingerprint density at radius 3 is 2.53 bits per heavy atom. The summed E-state index contributed by atoms with van der Waals surface area (Å²) >= 11 is 0. The van der Waals surface area contributed by atoms with Crippen LogP contribution >= 0.6 is 0 Å². The van der Waals surface area contributed by atoms with Crippen molar-refractivity contribution in [3.05, 3.63) is 47.7 Å². The first-order valence-electron chi connectivity index (χ1n) is 5.01. The number of aromatic nitrogens is 1. The molecule has 0 aliphatic heterocycles. The molecule has 1 heterocycles. The standard InChI is InChI=1S/C12H11F2N3/c1-7-11(15)4-5-12(16-7)17-8-2-3-9(13)10(14)6-8/h2-6H,15H2,1H3,(H,16,17). The van der Waals surface area contributed by atoms with E-state index in [9.17, 15) is 8.78 Å². The van der Waals surface area contributed by atoms with E-state index in [-0.39, 0.29) is 0 Å². The molecule has 0 fully saturated rings. The molecule has 2 rings (SSSR count). The Kier molecular flexibility index (Phi) is 2.91. The van der Waals surface area contributed by atoms with Crippen LogP contribution in [0, 0.1) is 18.6 Å². The molecule has 3 nitrogen and oxygen atoms in total. The van der Waals surface area contributed by atoms with E-state index in [1.807, 2.05) is 0 Å². The van der Waals surface area contributed by atoms with Crippen LogP contribution in [0.2, 0.25) is 0 Å². The zero-order chi connectivity index (χ0) is 12.4. The van der Waals surface area contributed by atoms with E-state index in [2.05, 4.69) is 10.3 Å². The first-order valence-corrected chi connectivity index (χ1v) is 5.01. The van der Waals surface area contributed by atoms with Gasteiger partial charge in [0.2, 0.25) is 0 Å². The molecule has 0 unspecified atom stereocenters. The molecule has 0 amide bonds. The van der Waals surface area contributed by atoms with Crippen molar-refractivity contribution in [3.63, 3.8) is 0 Å². The zero-order valence-electron chi connectivity index (χ0n) is 9.17. The van der Waals surface area contributed by atoms with Crippen molar-refractivity contribution < 1.29 is 8.78 Å². The fourth-order valence-electron chi connectivity index (χ4n) is 1.36. The Labute approximate surface area is 97.3 Å². The molecule has 2 aromatic rings. The number of anilines is 3. The molecule has 88 valence electrons. The van der Waals surface area contributed by atoms with E-state index < -0.39 is 11.6 Å². The van der Waals surface area contributed by atoms with Crippen LogP contribution in [-0.2, 0) is 0 Å². The van der Waals surface area contributed by atoms with Crippen molar-refractivity contribution >= 4 is 17.2 Å². The summed E-state index contributed by atoms with van der Waals surface area (Å²) in [6.07, 6.45) is 0. The third-order valence-corrected chi connectivity index (χ3v) is 2.32. The lowest BCUT2D eigenvalue weighted by Crippen LogP contribution is -1.99. The molecule has 0 radical (unpaired) electrons. The number of nitrogens with one attached hydrogen (secondary N) is 1. The fraction of sp³-hybridized carbons (Fsp3) is 0.0833. The highest BCUT2D eigenvalue weighted by Crippen LogP contribution is 2.19. The monoisotopic (exact) mass is 235 g/mol. The highest BCUT2D eigenvalue weighted by atomic mass is 19.2. The van der Waals surface area contributed by atoms with Crippen LogP contribution in [-0.4, -0.2) is 4.98 Å². The number of nitrogens with two attached hydrogens (primary N) is 1. The Bertz CT molecular complexity index is 506. The number of aryl methyl sites for hydroxylation is 1. The highest BCUT2D eigenvalue weighted by molar-refractivity contribution is 5.58. The average molecular weight is 235 g/mol. The van der Waals surface area contributed by atoms with E-state index in [4.69, 9.17) is 5.73 Å². The van der Waals surface area contributed by atoms with E-state index in [0.29, 0.717) is 22.9 Å². The van der Waals surface area contributed by atoms with Gasteiger partial charge in [0.15, 0.2) is 11.6 Å². The van der Waals surface area contributed by atoms with Crippen LogP contribution in [0.25, 0.3) is 0 Å². The SMILES string of the molecule is Cc1nc(Nc2ccc(F)c(F)c2)ccc1N. The van der Waals surface area contributed by atoms with Crippen LogP contribution in [0.4, 0.5) is 26.0 Å². The predicted molar refractivity (Wildman–Crippen MR) is 63.0 cm³/mol. The van der Waals surface area contributed by atoms with Gasteiger partial charge in [0.1, 0.15) is 5.82 Å². The number of halogens is 2. The summed E-state index contributed by atoms with van der Waals surface area (Å²) in [6, 6.07) is 6.93. The van der Waals surface area contributed by atoms with Gasteiger partial charge in [0.05, 0.1) is 11.4 Å². The summed E-state index contributed by atoms with van der Waals surface area (Å²) in [5.41, 5.74) is 7.32. The molecule has 0 bridgehead atoms. The average Bonchev–Trinajstić information content (AvgIpc) is 2.29. The molecule has 5 heteroatoms. The third kappa shape index (κ3) is 2.50. The zero-order valence-corrected chi connectivity index (χ0v) is 9.17. The summed E-state index contributed by atoms with van der Waals surface area (Å²) < 4.78 is 25.7. The van der Waals surface area contributed by atoms with E-state index in [1.165, 1.54) is 6.07 Å². The molecule has 0 saturated heterocycles. The number of nitrogens with zero attached hydrogens (tertiary/aromatic N) is 1. The smallest absolute Gasteiger partial charge is 0.160 e. The Balaban J connectivity index is 2.25. The first kappa shape index (κ1) is 11.3. The number of rotatable bonds is 2. The predicted octanol–water partition coefficient (Wildman–Crippen LogP) is 2.99. The van der Waals surface area contributed by atoms with Gasteiger partial charge in [-0.3, -0.25) is 0 Å². The number of pyridine rings is 1. The van der Waals surface area contributed by atoms with Crippen LogP contribution in [0.3, 0.4) is 0 Å². The van der Waals surface area contributed by atoms with Gasteiger partial charge >= 0.3 is 0 Å². The molecule has 0 atom stereocenters. The van der Waals surface area contributed by atoms with Crippen LogP contribution in [0.5, 0.6) is 0 Å². The van der Waals surface area contributed by atoms with Crippen molar-refractivity contribution in [2.45, 2.75) is 6.92 Å².